The normalized spacial score (nSPS) is 9.73. The maximum atomic E-state index is 10.4. The topological polar surface area (TPSA) is 99.4 Å². The zero-order valence-corrected chi connectivity index (χ0v) is 9.35. The number of hydrogen-bond donors (Lipinski definition) is 2. The van der Waals surface area contributed by atoms with Crippen molar-refractivity contribution >= 4 is 29.5 Å². The van der Waals surface area contributed by atoms with Crippen LogP contribution in [0.4, 0.5) is 4.79 Å². The van der Waals surface area contributed by atoms with Crippen molar-refractivity contribution < 1.29 is 24.6 Å². The van der Waals surface area contributed by atoms with Crippen molar-refractivity contribution in [1.82, 2.24) is 4.90 Å². The van der Waals surface area contributed by atoms with Crippen LogP contribution in [0.2, 0.25) is 0 Å². The van der Waals surface area contributed by atoms with Crippen molar-refractivity contribution in [2.45, 2.75) is 6.92 Å². The van der Waals surface area contributed by atoms with Gasteiger partial charge < -0.3 is 15.1 Å². The lowest BCUT2D eigenvalue weighted by molar-refractivity contribution is -0.125. The quantitative estimate of drug-likeness (QED) is 0.232. The molecule has 7 nitrogen and oxygen atoms in total. The molecule has 0 aromatic carbocycles. The zero-order chi connectivity index (χ0) is 12.4. The molecule has 0 aliphatic heterocycles. The van der Waals surface area contributed by atoms with E-state index in [1.165, 1.54) is 7.11 Å². The van der Waals surface area contributed by atoms with Gasteiger partial charge in [-0.2, -0.15) is 0 Å². The fourth-order valence-corrected chi connectivity index (χ4v) is 0.416. The van der Waals surface area contributed by atoms with Crippen molar-refractivity contribution in [2.75, 3.05) is 20.0 Å². The minimum atomic E-state index is -1.29. The number of halogens is 1. The molecule has 0 aromatic heterocycles. The third-order valence-electron chi connectivity index (χ3n) is 1.21. The standard InChI is InChI=1S/C4H6ClNO3.C3H7NO2/c1-6(4(8)9)3(7)2-5;1-3(4-5)6-2/h2H2,1H3,(H,8,9);5H,1-2H3/b;4-3-. The van der Waals surface area contributed by atoms with Gasteiger partial charge in [-0.3, -0.25) is 4.79 Å². The molecule has 15 heavy (non-hydrogen) atoms. The van der Waals surface area contributed by atoms with E-state index in [-0.39, 0.29) is 11.8 Å². The van der Waals surface area contributed by atoms with Gasteiger partial charge in [-0.1, -0.05) is 5.16 Å². The summed E-state index contributed by atoms with van der Waals surface area (Å²) in [6.07, 6.45) is -1.29. The molecule has 0 saturated carbocycles. The van der Waals surface area contributed by atoms with Crippen molar-refractivity contribution in [1.29, 1.82) is 0 Å². The summed E-state index contributed by atoms with van der Waals surface area (Å²) in [5.41, 5.74) is 0. The van der Waals surface area contributed by atoms with Gasteiger partial charge in [0.05, 0.1) is 7.11 Å². The Morgan fingerprint density at radius 2 is 2.00 bits per heavy atom. The molecule has 0 unspecified atom stereocenters. The lowest BCUT2D eigenvalue weighted by Crippen LogP contribution is -2.32. The van der Waals surface area contributed by atoms with Gasteiger partial charge in [-0.15, -0.1) is 11.6 Å². The first-order valence-corrected chi connectivity index (χ1v) is 4.22. The molecule has 0 aliphatic carbocycles. The van der Waals surface area contributed by atoms with Crippen molar-refractivity contribution in [3.63, 3.8) is 0 Å². The second-order valence-electron chi connectivity index (χ2n) is 2.19. The number of carbonyl (C=O) groups is 2. The van der Waals surface area contributed by atoms with Crippen LogP contribution < -0.4 is 0 Å². The summed E-state index contributed by atoms with van der Waals surface area (Å²) in [5, 5.41) is 18.6. The minimum absolute atomic E-state index is 0.273. The highest BCUT2D eigenvalue weighted by Gasteiger charge is 2.12. The van der Waals surface area contributed by atoms with Crippen LogP contribution in [-0.2, 0) is 9.53 Å². The molecule has 2 N–H and O–H groups in total. The molecule has 0 saturated heterocycles. The molecule has 88 valence electrons. The summed E-state index contributed by atoms with van der Waals surface area (Å²) >= 11 is 5.04. The number of rotatable bonds is 1. The molecular formula is C7H13ClN2O5. The molecule has 0 heterocycles. The molecule has 0 bridgehead atoms. The monoisotopic (exact) mass is 240 g/mol. The second-order valence-corrected chi connectivity index (χ2v) is 2.46. The third kappa shape index (κ3) is 8.82. The largest absolute Gasteiger partial charge is 0.482 e. The smallest absolute Gasteiger partial charge is 0.413 e. The Bertz CT molecular complexity index is 244. The Labute approximate surface area is 91.9 Å². The average Bonchev–Trinajstić information content (AvgIpc) is 2.26. The van der Waals surface area contributed by atoms with E-state index in [0.717, 1.165) is 7.05 Å². The number of nitrogens with zero attached hydrogens (tertiary/aromatic N) is 2. The molecule has 0 rings (SSSR count). The minimum Gasteiger partial charge on any atom is -0.482 e. The predicted molar refractivity (Wildman–Crippen MR) is 53.4 cm³/mol. The lowest BCUT2D eigenvalue weighted by Gasteiger charge is -2.06. The summed E-state index contributed by atoms with van der Waals surface area (Å²) in [7, 11) is 2.59. The number of methoxy groups -OCH3 is 1. The summed E-state index contributed by atoms with van der Waals surface area (Å²) in [6.45, 7) is 1.56. The van der Waals surface area contributed by atoms with Gasteiger partial charge in [-0.25, -0.2) is 9.69 Å². The number of carboxylic acid groups (broad SMARTS) is 1. The number of imide groups is 1. The number of ether oxygens (including phenoxy) is 1. The van der Waals surface area contributed by atoms with Gasteiger partial charge in [0.1, 0.15) is 5.88 Å². The molecule has 8 heteroatoms. The van der Waals surface area contributed by atoms with E-state index in [0.29, 0.717) is 4.90 Å². The van der Waals surface area contributed by atoms with Crippen molar-refractivity contribution in [3.05, 3.63) is 0 Å². The predicted octanol–water partition coefficient (Wildman–Crippen LogP) is 0.802. The van der Waals surface area contributed by atoms with E-state index in [1.807, 2.05) is 0 Å². The SMILES string of the molecule is CN(C(=O)O)C(=O)CCl.CO/C(C)=N\O. The molecular weight excluding hydrogens is 228 g/mol. The first-order valence-electron chi connectivity index (χ1n) is 3.68. The van der Waals surface area contributed by atoms with Crippen LogP contribution in [0.1, 0.15) is 6.92 Å². The van der Waals surface area contributed by atoms with Gasteiger partial charge in [0.2, 0.25) is 11.8 Å². The first kappa shape index (κ1) is 15.9. The Kier molecular flexibility index (Phi) is 9.65. The maximum Gasteiger partial charge on any atom is 0.413 e. The Hall–Kier alpha value is -1.50. The summed E-state index contributed by atoms with van der Waals surface area (Å²) < 4.78 is 4.40. The highest BCUT2D eigenvalue weighted by Crippen LogP contribution is 1.87. The molecule has 0 atom stereocenters. The van der Waals surface area contributed by atoms with Gasteiger partial charge >= 0.3 is 6.09 Å². The van der Waals surface area contributed by atoms with Gasteiger partial charge in [0.25, 0.3) is 0 Å². The Morgan fingerprint density at radius 3 is 2.07 bits per heavy atom. The number of alkyl halides is 1. The molecule has 2 amide bonds. The molecule has 0 radical (unpaired) electrons. The van der Waals surface area contributed by atoms with Gasteiger partial charge in [0, 0.05) is 14.0 Å². The van der Waals surface area contributed by atoms with Crippen LogP contribution >= 0.6 is 11.6 Å². The molecule has 0 aliphatic rings. The maximum absolute atomic E-state index is 10.4. The second kappa shape index (κ2) is 9.07. The van der Waals surface area contributed by atoms with Crippen LogP contribution in [0.5, 0.6) is 0 Å². The first-order chi connectivity index (χ1) is 6.90. The third-order valence-corrected chi connectivity index (χ3v) is 1.44. The lowest BCUT2D eigenvalue weighted by atomic mass is 10.6. The fraction of sp³-hybridized carbons (Fsp3) is 0.571. The van der Waals surface area contributed by atoms with E-state index < -0.39 is 12.0 Å². The van der Waals surface area contributed by atoms with Crippen molar-refractivity contribution in [3.8, 4) is 0 Å². The summed E-state index contributed by atoms with van der Waals surface area (Å²) in [6, 6.07) is 0. The van der Waals surface area contributed by atoms with Crippen LogP contribution in [0.3, 0.4) is 0 Å². The molecule has 0 aromatic rings. The van der Waals surface area contributed by atoms with E-state index in [9.17, 15) is 9.59 Å². The van der Waals surface area contributed by atoms with Crippen molar-refractivity contribution in [2.24, 2.45) is 5.16 Å². The Balaban J connectivity index is 0. The number of carbonyl (C=O) groups excluding carboxylic acids is 1. The van der Waals surface area contributed by atoms with E-state index >= 15 is 0 Å². The summed E-state index contributed by atoms with van der Waals surface area (Å²) in [4.78, 5) is 20.8. The van der Waals surface area contributed by atoms with E-state index in [1.54, 1.807) is 6.92 Å². The van der Waals surface area contributed by atoms with Crippen LogP contribution in [0.15, 0.2) is 5.16 Å². The van der Waals surface area contributed by atoms with Gasteiger partial charge in [0.15, 0.2) is 0 Å². The fourth-order valence-electron chi connectivity index (χ4n) is 0.237. The summed E-state index contributed by atoms with van der Waals surface area (Å²) in [5.74, 6) is -0.651. The highest BCUT2D eigenvalue weighted by molar-refractivity contribution is 6.28. The molecule has 0 fully saturated rings. The molecule has 0 spiro atoms. The van der Waals surface area contributed by atoms with E-state index in [4.69, 9.17) is 21.9 Å². The van der Waals surface area contributed by atoms with Crippen LogP contribution in [0, 0.1) is 0 Å². The zero-order valence-electron chi connectivity index (χ0n) is 8.60. The average molecular weight is 241 g/mol. The number of amides is 2. The number of oxime groups is 1. The van der Waals surface area contributed by atoms with E-state index in [2.05, 4.69) is 9.89 Å². The van der Waals surface area contributed by atoms with Gasteiger partial charge in [-0.05, 0) is 0 Å². The van der Waals surface area contributed by atoms with Crippen LogP contribution in [0.25, 0.3) is 0 Å². The Morgan fingerprint density at radius 1 is 1.53 bits per heavy atom. The number of hydrogen-bond acceptors (Lipinski definition) is 5. The highest BCUT2D eigenvalue weighted by atomic mass is 35.5. The van der Waals surface area contributed by atoms with Crippen LogP contribution in [-0.4, -0.2) is 53.1 Å².